The first-order chi connectivity index (χ1) is 10.8. The molecule has 22 heavy (non-hydrogen) atoms. The molecule has 1 nitrogen and oxygen atoms in total. The van der Waals surface area contributed by atoms with Crippen LogP contribution in [-0.4, -0.2) is 18.0 Å². The Bertz CT molecular complexity index is 549. The van der Waals surface area contributed by atoms with E-state index in [2.05, 4.69) is 72.5 Å². The molecular weight excluding hydrogens is 266 g/mol. The van der Waals surface area contributed by atoms with Crippen LogP contribution in [0.25, 0.3) is 0 Å². The number of hydrogen-bond donors (Lipinski definition) is 0. The summed E-state index contributed by atoms with van der Waals surface area (Å²) < 4.78 is 0. The lowest BCUT2D eigenvalue weighted by Crippen LogP contribution is -2.24. The highest BCUT2D eigenvalue weighted by Crippen LogP contribution is 2.27. The summed E-state index contributed by atoms with van der Waals surface area (Å²) in [5.74, 6) is 1.64. The normalized spacial score (nSPS) is 23.1. The van der Waals surface area contributed by atoms with Gasteiger partial charge in [0.05, 0.1) is 0 Å². The number of likely N-dealkylation sites (tertiary alicyclic amines) is 1. The van der Waals surface area contributed by atoms with Crippen molar-refractivity contribution in [1.29, 1.82) is 0 Å². The molecule has 2 atom stereocenters. The van der Waals surface area contributed by atoms with E-state index in [1.165, 1.54) is 43.5 Å². The van der Waals surface area contributed by atoms with Crippen LogP contribution >= 0.6 is 0 Å². The predicted octanol–water partition coefficient (Wildman–Crippen LogP) is 4.78. The van der Waals surface area contributed by atoms with Gasteiger partial charge in [-0.05, 0) is 55.3 Å². The molecule has 1 heterocycles. The van der Waals surface area contributed by atoms with E-state index >= 15 is 0 Å². The number of rotatable bonds is 4. The highest BCUT2D eigenvalue weighted by molar-refractivity contribution is 5.16. The van der Waals surface area contributed by atoms with Crippen molar-refractivity contribution in [3.8, 4) is 0 Å². The minimum absolute atomic E-state index is 0.820. The second kappa shape index (κ2) is 7.60. The van der Waals surface area contributed by atoms with Gasteiger partial charge in [0.15, 0.2) is 0 Å². The van der Waals surface area contributed by atoms with Crippen LogP contribution in [0.4, 0.5) is 0 Å². The van der Waals surface area contributed by atoms with Crippen molar-refractivity contribution in [3.63, 3.8) is 0 Å². The first-order valence-corrected chi connectivity index (χ1v) is 8.61. The van der Waals surface area contributed by atoms with Gasteiger partial charge in [-0.2, -0.15) is 0 Å². The van der Waals surface area contributed by atoms with Crippen molar-refractivity contribution < 1.29 is 0 Å². The van der Waals surface area contributed by atoms with Gasteiger partial charge in [-0.3, -0.25) is 4.90 Å². The van der Waals surface area contributed by atoms with Gasteiger partial charge in [0.25, 0.3) is 0 Å². The van der Waals surface area contributed by atoms with E-state index in [9.17, 15) is 0 Å². The molecule has 2 aromatic carbocycles. The van der Waals surface area contributed by atoms with E-state index in [-0.39, 0.29) is 0 Å². The van der Waals surface area contributed by atoms with Crippen LogP contribution in [0.2, 0.25) is 0 Å². The van der Waals surface area contributed by atoms with E-state index in [0.717, 1.165) is 18.4 Å². The molecule has 0 aromatic heterocycles. The van der Waals surface area contributed by atoms with Crippen molar-refractivity contribution in [2.24, 2.45) is 11.8 Å². The highest BCUT2D eigenvalue weighted by Gasteiger charge is 2.23. The zero-order valence-electron chi connectivity index (χ0n) is 13.6. The fourth-order valence-electron chi connectivity index (χ4n) is 3.59. The average Bonchev–Trinajstić information content (AvgIpc) is 2.73. The van der Waals surface area contributed by atoms with Crippen LogP contribution in [0.15, 0.2) is 60.7 Å². The Kier molecular flexibility index (Phi) is 5.29. The van der Waals surface area contributed by atoms with Gasteiger partial charge >= 0.3 is 0 Å². The van der Waals surface area contributed by atoms with Crippen LogP contribution in [0.1, 0.15) is 30.9 Å². The van der Waals surface area contributed by atoms with E-state index in [1.54, 1.807) is 0 Å². The van der Waals surface area contributed by atoms with E-state index < -0.39 is 0 Å². The summed E-state index contributed by atoms with van der Waals surface area (Å²) in [4.78, 5) is 2.64. The van der Waals surface area contributed by atoms with E-state index in [0.29, 0.717) is 0 Å². The fraction of sp³-hybridized carbons (Fsp3) is 0.429. The Labute approximate surface area is 135 Å². The van der Waals surface area contributed by atoms with Crippen LogP contribution in [0.3, 0.4) is 0 Å². The molecule has 0 spiro atoms. The molecule has 2 aromatic rings. The summed E-state index contributed by atoms with van der Waals surface area (Å²) in [7, 11) is 0. The monoisotopic (exact) mass is 293 g/mol. The SMILES string of the molecule is CC1CCN(Cc2ccccc2)CCC1Cc1ccccc1. The molecule has 1 aliphatic heterocycles. The Balaban J connectivity index is 1.58. The predicted molar refractivity (Wildman–Crippen MR) is 93.8 cm³/mol. The molecule has 1 heteroatoms. The summed E-state index contributed by atoms with van der Waals surface area (Å²) in [6.45, 7) is 6.02. The van der Waals surface area contributed by atoms with Gasteiger partial charge in [-0.25, -0.2) is 0 Å². The average molecular weight is 293 g/mol. The number of benzene rings is 2. The Hall–Kier alpha value is -1.60. The third-order valence-electron chi connectivity index (χ3n) is 5.11. The van der Waals surface area contributed by atoms with Crippen LogP contribution in [0, 0.1) is 11.8 Å². The fourth-order valence-corrected chi connectivity index (χ4v) is 3.59. The van der Waals surface area contributed by atoms with Crippen LogP contribution in [-0.2, 0) is 13.0 Å². The Morgan fingerprint density at radius 2 is 1.41 bits per heavy atom. The number of nitrogens with zero attached hydrogens (tertiary/aromatic N) is 1. The second-order valence-corrected chi connectivity index (χ2v) is 6.77. The Morgan fingerprint density at radius 1 is 0.818 bits per heavy atom. The standard InChI is InChI=1S/C21H27N/c1-18-12-14-22(17-20-10-6-3-7-11-20)15-13-21(18)16-19-8-4-2-5-9-19/h2-11,18,21H,12-17H2,1H3. The van der Waals surface area contributed by atoms with Crippen LogP contribution in [0.5, 0.6) is 0 Å². The summed E-state index contributed by atoms with van der Waals surface area (Å²) in [6.07, 6.45) is 3.88. The second-order valence-electron chi connectivity index (χ2n) is 6.77. The maximum atomic E-state index is 2.64. The highest BCUT2D eigenvalue weighted by atomic mass is 15.1. The molecule has 3 rings (SSSR count). The van der Waals surface area contributed by atoms with Crippen molar-refractivity contribution in [1.82, 2.24) is 4.90 Å². The molecule has 0 aliphatic carbocycles. The van der Waals surface area contributed by atoms with Gasteiger partial charge in [0.1, 0.15) is 0 Å². The minimum atomic E-state index is 0.820. The Morgan fingerprint density at radius 3 is 2.09 bits per heavy atom. The topological polar surface area (TPSA) is 3.24 Å². The van der Waals surface area contributed by atoms with Crippen molar-refractivity contribution >= 4 is 0 Å². The van der Waals surface area contributed by atoms with Gasteiger partial charge in [0.2, 0.25) is 0 Å². The van der Waals surface area contributed by atoms with Gasteiger partial charge in [0, 0.05) is 6.54 Å². The zero-order valence-corrected chi connectivity index (χ0v) is 13.6. The van der Waals surface area contributed by atoms with Gasteiger partial charge < -0.3 is 0 Å². The summed E-state index contributed by atoms with van der Waals surface area (Å²) in [5.41, 5.74) is 2.94. The molecule has 0 amide bonds. The quantitative estimate of drug-likeness (QED) is 0.784. The minimum Gasteiger partial charge on any atom is -0.299 e. The lowest BCUT2D eigenvalue weighted by atomic mass is 9.84. The maximum Gasteiger partial charge on any atom is 0.0233 e. The zero-order chi connectivity index (χ0) is 15.2. The molecule has 0 bridgehead atoms. The van der Waals surface area contributed by atoms with Crippen molar-refractivity contribution in [2.75, 3.05) is 13.1 Å². The third-order valence-corrected chi connectivity index (χ3v) is 5.11. The molecule has 1 fully saturated rings. The maximum absolute atomic E-state index is 2.64. The molecule has 116 valence electrons. The summed E-state index contributed by atoms with van der Waals surface area (Å²) in [6, 6.07) is 21.9. The lowest BCUT2D eigenvalue weighted by molar-refractivity contribution is 0.272. The van der Waals surface area contributed by atoms with Crippen molar-refractivity contribution in [2.45, 2.75) is 32.7 Å². The molecule has 0 N–H and O–H groups in total. The molecule has 2 unspecified atom stereocenters. The number of hydrogen-bond acceptors (Lipinski definition) is 1. The van der Waals surface area contributed by atoms with Gasteiger partial charge in [-0.15, -0.1) is 0 Å². The largest absolute Gasteiger partial charge is 0.299 e. The van der Waals surface area contributed by atoms with Gasteiger partial charge in [-0.1, -0.05) is 67.6 Å². The molecular formula is C21H27N. The van der Waals surface area contributed by atoms with E-state index in [1.807, 2.05) is 0 Å². The molecule has 1 saturated heterocycles. The van der Waals surface area contributed by atoms with E-state index in [4.69, 9.17) is 0 Å². The molecule has 0 saturated carbocycles. The first-order valence-electron chi connectivity index (χ1n) is 8.61. The summed E-state index contributed by atoms with van der Waals surface area (Å²) in [5, 5.41) is 0. The summed E-state index contributed by atoms with van der Waals surface area (Å²) >= 11 is 0. The molecule has 1 aliphatic rings. The molecule has 0 radical (unpaired) electrons. The first kappa shape index (κ1) is 15.3. The lowest BCUT2D eigenvalue weighted by Gasteiger charge is -2.21. The van der Waals surface area contributed by atoms with Crippen molar-refractivity contribution in [3.05, 3.63) is 71.8 Å². The van der Waals surface area contributed by atoms with Crippen LogP contribution < -0.4 is 0 Å². The smallest absolute Gasteiger partial charge is 0.0233 e. The third kappa shape index (κ3) is 4.20.